The summed E-state index contributed by atoms with van der Waals surface area (Å²) in [4.78, 5) is 2.62. The highest BCUT2D eigenvalue weighted by molar-refractivity contribution is 5.21. The zero-order valence-corrected chi connectivity index (χ0v) is 11.1. The van der Waals surface area contributed by atoms with Crippen molar-refractivity contribution in [1.82, 2.24) is 10.2 Å². The molecule has 2 rings (SSSR count). The number of nitrogens with zero attached hydrogens (tertiary/aromatic N) is 1. The quantitative estimate of drug-likeness (QED) is 0.858. The Balaban J connectivity index is 1.96. The molecule has 0 amide bonds. The zero-order chi connectivity index (χ0) is 12.1. The Labute approximate surface area is 105 Å². The summed E-state index contributed by atoms with van der Waals surface area (Å²) in [7, 11) is 0. The molecule has 0 saturated carbocycles. The van der Waals surface area contributed by atoms with Gasteiger partial charge in [-0.25, -0.2) is 0 Å². The van der Waals surface area contributed by atoms with Crippen molar-refractivity contribution in [2.75, 3.05) is 19.6 Å². The maximum Gasteiger partial charge on any atom is 0.0236 e. The Morgan fingerprint density at radius 2 is 1.82 bits per heavy atom. The average Bonchev–Trinajstić information content (AvgIpc) is 2.39. The normalized spacial score (nSPS) is 17.6. The minimum Gasteiger partial charge on any atom is -0.317 e. The van der Waals surface area contributed by atoms with E-state index in [9.17, 15) is 0 Å². The van der Waals surface area contributed by atoms with Crippen LogP contribution in [0.3, 0.4) is 0 Å². The van der Waals surface area contributed by atoms with Crippen LogP contribution in [0, 0.1) is 6.92 Å². The molecule has 1 heterocycles. The van der Waals surface area contributed by atoms with Gasteiger partial charge in [0, 0.05) is 12.6 Å². The third kappa shape index (κ3) is 3.55. The predicted molar refractivity (Wildman–Crippen MR) is 73.2 cm³/mol. The molecule has 2 heteroatoms. The van der Waals surface area contributed by atoms with E-state index < -0.39 is 0 Å². The summed E-state index contributed by atoms with van der Waals surface area (Å²) in [6.45, 7) is 9.02. The van der Waals surface area contributed by atoms with Crippen LogP contribution in [0.25, 0.3) is 0 Å². The molecule has 0 aliphatic carbocycles. The highest BCUT2D eigenvalue weighted by Gasteiger charge is 2.19. The molecule has 1 N–H and O–H groups in total. The van der Waals surface area contributed by atoms with Gasteiger partial charge in [-0.2, -0.15) is 0 Å². The number of hydrogen-bond acceptors (Lipinski definition) is 2. The first kappa shape index (κ1) is 12.6. The van der Waals surface area contributed by atoms with Gasteiger partial charge in [0.2, 0.25) is 0 Å². The molecule has 0 bridgehead atoms. The average molecular weight is 232 g/mol. The molecule has 1 aromatic carbocycles. The lowest BCUT2D eigenvalue weighted by Crippen LogP contribution is -2.42. The zero-order valence-electron chi connectivity index (χ0n) is 11.1. The number of nitrogens with one attached hydrogen (secondary N) is 1. The molecule has 2 nitrogen and oxygen atoms in total. The molecule has 1 aromatic rings. The lowest BCUT2D eigenvalue weighted by molar-refractivity contribution is 0.162. The Morgan fingerprint density at radius 1 is 1.18 bits per heavy atom. The van der Waals surface area contributed by atoms with Crippen molar-refractivity contribution < 1.29 is 0 Å². The summed E-state index contributed by atoms with van der Waals surface area (Å²) >= 11 is 0. The van der Waals surface area contributed by atoms with E-state index >= 15 is 0 Å². The van der Waals surface area contributed by atoms with Crippen LogP contribution in [-0.2, 0) is 6.54 Å². The Kier molecular flexibility index (Phi) is 4.57. The van der Waals surface area contributed by atoms with Crippen LogP contribution in [0.1, 0.15) is 30.9 Å². The molecular formula is C15H24N2. The maximum absolute atomic E-state index is 3.44. The second-order valence-corrected chi connectivity index (χ2v) is 5.03. The highest BCUT2D eigenvalue weighted by atomic mass is 15.2. The van der Waals surface area contributed by atoms with E-state index in [0.29, 0.717) is 0 Å². The van der Waals surface area contributed by atoms with Crippen molar-refractivity contribution >= 4 is 0 Å². The van der Waals surface area contributed by atoms with Crippen LogP contribution in [0.2, 0.25) is 0 Å². The first-order valence-electron chi connectivity index (χ1n) is 6.80. The fraction of sp³-hybridized carbons (Fsp3) is 0.600. The van der Waals surface area contributed by atoms with Gasteiger partial charge in [-0.3, -0.25) is 4.90 Å². The summed E-state index contributed by atoms with van der Waals surface area (Å²) < 4.78 is 0. The second kappa shape index (κ2) is 6.18. The Morgan fingerprint density at radius 3 is 2.41 bits per heavy atom. The van der Waals surface area contributed by atoms with Crippen LogP contribution < -0.4 is 5.32 Å². The monoisotopic (exact) mass is 232 g/mol. The molecule has 0 aromatic heterocycles. The van der Waals surface area contributed by atoms with Crippen molar-refractivity contribution in [2.24, 2.45) is 0 Å². The van der Waals surface area contributed by atoms with E-state index in [2.05, 4.69) is 48.3 Å². The third-order valence-corrected chi connectivity index (χ3v) is 3.74. The van der Waals surface area contributed by atoms with Crippen LogP contribution >= 0.6 is 0 Å². The van der Waals surface area contributed by atoms with E-state index in [1.54, 1.807) is 0 Å². The number of piperidine rings is 1. The van der Waals surface area contributed by atoms with Crippen molar-refractivity contribution in [2.45, 2.75) is 39.3 Å². The molecule has 94 valence electrons. The van der Waals surface area contributed by atoms with Gasteiger partial charge in [-0.05, 0) is 45.0 Å². The third-order valence-electron chi connectivity index (χ3n) is 3.74. The largest absolute Gasteiger partial charge is 0.317 e. The van der Waals surface area contributed by atoms with Gasteiger partial charge in [0.1, 0.15) is 0 Å². The number of hydrogen-bond donors (Lipinski definition) is 1. The van der Waals surface area contributed by atoms with Crippen molar-refractivity contribution in [3.05, 3.63) is 35.4 Å². The van der Waals surface area contributed by atoms with Gasteiger partial charge >= 0.3 is 0 Å². The summed E-state index contributed by atoms with van der Waals surface area (Å²) in [5, 5.41) is 3.44. The van der Waals surface area contributed by atoms with Gasteiger partial charge < -0.3 is 5.32 Å². The first-order valence-corrected chi connectivity index (χ1v) is 6.80. The Hall–Kier alpha value is -0.860. The molecular weight excluding hydrogens is 208 g/mol. The smallest absolute Gasteiger partial charge is 0.0236 e. The van der Waals surface area contributed by atoms with Gasteiger partial charge in [0.05, 0.1) is 0 Å². The summed E-state index contributed by atoms with van der Waals surface area (Å²) in [6, 6.07) is 9.72. The summed E-state index contributed by atoms with van der Waals surface area (Å²) in [5.74, 6) is 0. The molecule has 0 unspecified atom stereocenters. The van der Waals surface area contributed by atoms with E-state index in [4.69, 9.17) is 0 Å². The standard InChI is InChI=1S/C15H24N2/c1-3-17(15-8-10-16-11-9-15)12-14-6-4-13(2)5-7-14/h4-7,15-16H,3,8-12H2,1-2H3. The number of benzene rings is 1. The topological polar surface area (TPSA) is 15.3 Å². The maximum atomic E-state index is 3.44. The van der Waals surface area contributed by atoms with Gasteiger partial charge in [-0.15, -0.1) is 0 Å². The van der Waals surface area contributed by atoms with Crippen LogP contribution in [0.4, 0.5) is 0 Å². The number of aryl methyl sites for hydroxylation is 1. The first-order chi connectivity index (χ1) is 8.29. The lowest BCUT2D eigenvalue weighted by Gasteiger charge is -2.33. The minimum atomic E-state index is 0.766. The minimum absolute atomic E-state index is 0.766. The van der Waals surface area contributed by atoms with Gasteiger partial charge in [-0.1, -0.05) is 36.8 Å². The van der Waals surface area contributed by atoms with Crippen molar-refractivity contribution in [3.63, 3.8) is 0 Å². The highest BCUT2D eigenvalue weighted by Crippen LogP contribution is 2.15. The molecule has 0 spiro atoms. The molecule has 17 heavy (non-hydrogen) atoms. The number of rotatable bonds is 4. The predicted octanol–water partition coefficient (Wildman–Crippen LogP) is 2.57. The molecule has 1 saturated heterocycles. The van der Waals surface area contributed by atoms with Gasteiger partial charge in [0.15, 0.2) is 0 Å². The van der Waals surface area contributed by atoms with Crippen molar-refractivity contribution in [1.29, 1.82) is 0 Å². The van der Waals surface area contributed by atoms with E-state index in [-0.39, 0.29) is 0 Å². The fourth-order valence-electron chi connectivity index (χ4n) is 2.60. The molecule has 1 aliphatic heterocycles. The van der Waals surface area contributed by atoms with E-state index in [1.165, 1.54) is 37.1 Å². The summed E-state index contributed by atoms with van der Waals surface area (Å²) in [5.41, 5.74) is 2.79. The van der Waals surface area contributed by atoms with Crippen LogP contribution in [-0.4, -0.2) is 30.6 Å². The van der Waals surface area contributed by atoms with E-state index in [0.717, 1.165) is 19.1 Å². The molecule has 0 atom stereocenters. The molecule has 1 aliphatic rings. The summed E-state index contributed by atoms with van der Waals surface area (Å²) in [6.07, 6.45) is 2.58. The second-order valence-electron chi connectivity index (χ2n) is 5.03. The van der Waals surface area contributed by atoms with E-state index in [1.807, 2.05) is 0 Å². The van der Waals surface area contributed by atoms with Crippen LogP contribution in [0.5, 0.6) is 0 Å². The van der Waals surface area contributed by atoms with Crippen molar-refractivity contribution in [3.8, 4) is 0 Å². The molecule has 0 radical (unpaired) electrons. The van der Waals surface area contributed by atoms with Gasteiger partial charge in [0.25, 0.3) is 0 Å². The fourth-order valence-corrected chi connectivity index (χ4v) is 2.60. The Bertz CT molecular complexity index is 325. The molecule has 1 fully saturated rings. The van der Waals surface area contributed by atoms with Crippen LogP contribution in [0.15, 0.2) is 24.3 Å². The SMILES string of the molecule is CCN(Cc1ccc(C)cc1)C1CCNCC1. The lowest BCUT2D eigenvalue weighted by atomic mass is 10.0.